The van der Waals surface area contributed by atoms with Crippen molar-refractivity contribution in [2.45, 2.75) is 6.54 Å². The Morgan fingerprint density at radius 1 is 1.35 bits per heavy atom. The van der Waals surface area contributed by atoms with E-state index in [0.29, 0.717) is 23.0 Å². The Hall–Kier alpha value is -2.73. The molecule has 6 nitrogen and oxygen atoms in total. The summed E-state index contributed by atoms with van der Waals surface area (Å²) in [7, 11) is 1.53. The van der Waals surface area contributed by atoms with Crippen LogP contribution in [0.15, 0.2) is 48.8 Å². The van der Waals surface area contributed by atoms with Crippen molar-refractivity contribution in [2.75, 3.05) is 12.4 Å². The second-order valence-electron chi connectivity index (χ2n) is 4.85. The van der Waals surface area contributed by atoms with Gasteiger partial charge in [-0.2, -0.15) is 5.10 Å². The minimum absolute atomic E-state index is 0.346. The number of nitrogens with one attached hydrogen (secondary N) is 2. The molecule has 0 aliphatic heterocycles. The van der Waals surface area contributed by atoms with E-state index in [1.807, 2.05) is 24.4 Å². The second kappa shape index (κ2) is 6.58. The van der Waals surface area contributed by atoms with Crippen LogP contribution in [0.3, 0.4) is 0 Å². The molecule has 23 heavy (non-hydrogen) atoms. The van der Waals surface area contributed by atoms with Crippen LogP contribution in [0.1, 0.15) is 5.56 Å². The molecule has 0 unspecified atom stereocenters. The van der Waals surface area contributed by atoms with E-state index in [2.05, 4.69) is 15.7 Å². The molecule has 7 heteroatoms. The van der Waals surface area contributed by atoms with Crippen LogP contribution in [-0.4, -0.2) is 22.8 Å². The first-order chi connectivity index (χ1) is 11.2. The van der Waals surface area contributed by atoms with Gasteiger partial charge in [0.15, 0.2) is 0 Å². The van der Waals surface area contributed by atoms with Crippen LogP contribution < -0.4 is 15.4 Å². The van der Waals surface area contributed by atoms with E-state index >= 15 is 0 Å². The van der Waals surface area contributed by atoms with Gasteiger partial charge in [0, 0.05) is 23.3 Å². The lowest BCUT2D eigenvalue weighted by Crippen LogP contribution is -2.28. The molecule has 3 rings (SSSR count). The number of benzene rings is 1. The Labute approximate surface area is 138 Å². The summed E-state index contributed by atoms with van der Waals surface area (Å²) < 4.78 is 6.95. The second-order valence-corrected chi connectivity index (χ2v) is 5.29. The maximum Gasteiger partial charge on any atom is 0.319 e. The van der Waals surface area contributed by atoms with Crippen molar-refractivity contribution in [1.29, 1.82) is 0 Å². The van der Waals surface area contributed by atoms with E-state index in [-0.39, 0.29) is 6.03 Å². The molecule has 0 aliphatic carbocycles. The molecular weight excluding hydrogens is 316 g/mol. The third-order valence-electron chi connectivity index (χ3n) is 3.36. The van der Waals surface area contributed by atoms with Gasteiger partial charge in [0.1, 0.15) is 5.75 Å². The number of urea groups is 1. The lowest BCUT2D eigenvalue weighted by Gasteiger charge is -2.11. The SMILES string of the molecule is COc1ccc(Cl)cc1NC(=O)NCc1cnn2ccccc12. The standard InChI is InChI=1S/C16H15ClN4O2/c1-23-15-6-5-12(17)8-13(15)20-16(22)18-9-11-10-19-21-7-3-2-4-14(11)21/h2-8,10H,9H2,1H3,(H2,18,20,22). The molecule has 0 bridgehead atoms. The van der Waals surface area contributed by atoms with Crippen LogP contribution in [-0.2, 0) is 6.54 Å². The summed E-state index contributed by atoms with van der Waals surface area (Å²) in [5.41, 5.74) is 2.39. The van der Waals surface area contributed by atoms with E-state index in [9.17, 15) is 4.79 Å². The molecule has 0 saturated carbocycles. The van der Waals surface area contributed by atoms with Gasteiger partial charge in [-0.25, -0.2) is 9.31 Å². The smallest absolute Gasteiger partial charge is 0.319 e. The number of fused-ring (bicyclic) bond motifs is 1. The molecule has 2 amide bonds. The zero-order chi connectivity index (χ0) is 16.2. The molecule has 2 aromatic heterocycles. The number of methoxy groups -OCH3 is 1. The first-order valence-corrected chi connectivity index (χ1v) is 7.35. The predicted molar refractivity (Wildman–Crippen MR) is 89.1 cm³/mol. The van der Waals surface area contributed by atoms with Crippen molar-refractivity contribution in [3.63, 3.8) is 0 Å². The van der Waals surface area contributed by atoms with E-state index < -0.39 is 0 Å². The Bertz CT molecular complexity index is 847. The van der Waals surface area contributed by atoms with E-state index in [1.165, 1.54) is 7.11 Å². The number of rotatable bonds is 4. The van der Waals surface area contributed by atoms with Gasteiger partial charge in [0.05, 0.1) is 24.5 Å². The molecule has 0 fully saturated rings. The zero-order valence-corrected chi connectivity index (χ0v) is 13.2. The Morgan fingerprint density at radius 3 is 3.04 bits per heavy atom. The highest BCUT2D eigenvalue weighted by Gasteiger charge is 2.09. The van der Waals surface area contributed by atoms with Gasteiger partial charge < -0.3 is 15.4 Å². The summed E-state index contributed by atoms with van der Waals surface area (Å²) in [5, 5.41) is 10.3. The van der Waals surface area contributed by atoms with Crippen LogP contribution in [0, 0.1) is 0 Å². The number of carbonyl (C=O) groups is 1. The summed E-state index contributed by atoms with van der Waals surface area (Å²) >= 11 is 5.94. The predicted octanol–water partition coefficient (Wildman–Crippen LogP) is 3.32. The van der Waals surface area contributed by atoms with E-state index in [0.717, 1.165) is 11.1 Å². The fraction of sp³-hybridized carbons (Fsp3) is 0.125. The fourth-order valence-corrected chi connectivity index (χ4v) is 2.42. The number of ether oxygens (including phenoxy) is 1. The molecular formula is C16H15ClN4O2. The van der Waals surface area contributed by atoms with Gasteiger partial charge in [-0.15, -0.1) is 0 Å². The number of hydrogen-bond donors (Lipinski definition) is 2. The van der Waals surface area contributed by atoms with Gasteiger partial charge >= 0.3 is 6.03 Å². The number of nitrogens with zero attached hydrogens (tertiary/aromatic N) is 2. The minimum Gasteiger partial charge on any atom is -0.495 e. The number of hydrogen-bond acceptors (Lipinski definition) is 3. The van der Waals surface area contributed by atoms with Crippen molar-refractivity contribution in [3.8, 4) is 5.75 Å². The number of halogens is 1. The number of aromatic nitrogens is 2. The molecule has 0 spiro atoms. The highest BCUT2D eigenvalue weighted by Crippen LogP contribution is 2.27. The zero-order valence-electron chi connectivity index (χ0n) is 12.4. The lowest BCUT2D eigenvalue weighted by atomic mass is 10.2. The van der Waals surface area contributed by atoms with Crippen LogP contribution in [0.5, 0.6) is 5.75 Å². The number of pyridine rings is 1. The minimum atomic E-state index is -0.346. The highest BCUT2D eigenvalue weighted by atomic mass is 35.5. The third kappa shape index (κ3) is 3.37. The van der Waals surface area contributed by atoms with Gasteiger partial charge in [-0.1, -0.05) is 17.7 Å². The first-order valence-electron chi connectivity index (χ1n) is 6.97. The molecule has 2 N–H and O–H groups in total. The molecule has 118 valence electrons. The van der Waals surface area contributed by atoms with Crippen molar-refractivity contribution >= 4 is 28.8 Å². The van der Waals surface area contributed by atoms with Crippen LogP contribution >= 0.6 is 11.6 Å². The molecule has 2 heterocycles. The maximum absolute atomic E-state index is 12.1. The van der Waals surface area contributed by atoms with Gasteiger partial charge in [0.25, 0.3) is 0 Å². The molecule has 3 aromatic rings. The average molecular weight is 331 g/mol. The van der Waals surface area contributed by atoms with Crippen molar-refractivity contribution < 1.29 is 9.53 Å². The van der Waals surface area contributed by atoms with Gasteiger partial charge in [0.2, 0.25) is 0 Å². The summed E-state index contributed by atoms with van der Waals surface area (Å²) in [6.45, 7) is 0.363. The highest BCUT2D eigenvalue weighted by molar-refractivity contribution is 6.31. The topological polar surface area (TPSA) is 67.7 Å². The fourth-order valence-electron chi connectivity index (χ4n) is 2.24. The first kappa shape index (κ1) is 15.2. The number of carbonyl (C=O) groups excluding carboxylic acids is 1. The van der Waals surface area contributed by atoms with E-state index in [1.54, 1.807) is 28.9 Å². The van der Waals surface area contributed by atoms with Gasteiger partial charge in [-0.3, -0.25) is 0 Å². The lowest BCUT2D eigenvalue weighted by molar-refractivity contribution is 0.251. The summed E-state index contributed by atoms with van der Waals surface area (Å²) in [4.78, 5) is 12.1. The normalized spacial score (nSPS) is 10.5. The average Bonchev–Trinajstić information content (AvgIpc) is 2.96. The van der Waals surface area contributed by atoms with Gasteiger partial charge in [-0.05, 0) is 30.3 Å². The van der Waals surface area contributed by atoms with Crippen molar-refractivity contribution in [3.05, 3.63) is 59.4 Å². The molecule has 0 radical (unpaired) electrons. The summed E-state index contributed by atoms with van der Waals surface area (Å²) in [6, 6.07) is 10.5. The largest absolute Gasteiger partial charge is 0.495 e. The molecule has 1 aromatic carbocycles. The molecule has 0 saturated heterocycles. The molecule has 0 aliphatic rings. The summed E-state index contributed by atoms with van der Waals surface area (Å²) in [6.07, 6.45) is 3.59. The Balaban J connectivity index is 1.67. The Kier molecular flexibility index (Phi) is 4.34. The number of amides is 2. The van der Waals surface area contributed by atoms with Crippen molar-refractivity contribution in [1.82, 2.24) is 14.9 Å². The summed E-state index contributed by atoms with van der Waals surface area (Å²) in [5.74, 6) is 0.542. The van der Waals surface area contributed by atoms with Crippen LogP contribution in [0.2, 0.25) is 5.02 Å². The Morgan fingerprint density at radius 2 is 2.22 bits per heavy atom. The van der Waals surface area contributed by atoms with Crippen molar-refractivity contribution in [2.24, 2.45) is 0 Å². The van der Waals surface area contributed by atoms with Crippen LogP contribution in [0.4, 0.5) is 10.5 Å². The monoisotopic (exact) mass is 330 g/mol. The third-order valence-corrected chi connectivity index (χ3v) is 3.59. The molecule has 0 atom stereocenters. The van der Waals surface area contributed by atoms with Crippen LogP contribution in [0.25, 0.3) is 5.52 Å². The number of anilines is 1. The van der Waals surface area contributed by atoms with E-state index in [4.69, 9.17) is 16.3 Å². The quantitative estimate of drug-likeness (QED) is 0.771. The maximum atomic E-state index is 12.1.